The average Bonchev–Trinajstić information content (AvgIpc) is 2.38. The number of para-hydroxylation sites is 1. The van der Waals surface area contributed by atoms with Crippen molar-refractivity contribution in [2.45, 2.75) is 32.7 Å². The minimum Gasteiger partial charge on any atom is -0.493 e. The van der Waals surface area contributed by atoms with Crippen molar-refractivity contribution in [1.29, 1.82) is 0 Å². The van der Waals surface area contributed by atoms with Gasteiger partial charge >= 0.3 is 0 Å². The maximum absolute atomic E-state index is 11.5. The molecular weight excluding hydrogens is 230 g/mol. The van der Waals surface area contributed by atoms with Crippen LogP contribution in [0.15, 0.2) is 24.3 Å². The SMILES string of the molecule is CC[C@@H](CO)NC(=O)CCOc1ccccc1C. The van der Waals surface area contributed by atoms with Crippen LogP contribution in [0.25, 0.3) is 0 Å². The molecule has 1 aromatic carbocycles. The molecule has 0 fully saturated rings. The molecule has 0 heterocycles. The summed E-state index contributed by atoms with van der Waals surface area (Å²) >= 11 is 0. The summed E-state index contributed by atoms with van der Waals surface area (Å²) in [5, 5.41) is 11.7. The van der Waals surface area contributed by atoms with Crippen LogP contribution < -0.4 is 10.1 Å². The molecular formula is C14H21NO3. The number of hydrogen-bond acceptors (Lipinski definition) is 3. The Labute approximate surface area is 108 Å². The summed E-state index contributed by atoms with van der Waals surface area (Å²) in [7, 11) is 0. The summed E-state index contributed by atoms with van der Waals surface area (Å²) in [4.78, 5) is 11.5. The Morgan fingerprint density at radius 2 is 2.17 bits per heavy atom. The normalized spacial score (nSPS) is 11.9. The highest BCUT2D eigenvalue weighted by molar-refractivity contribution is 5.76. The third-order valence-corrected chi connectivity index (χ3v) is 2.76. The number of carbonyl (C=O) groups is 1. The van der Waals surface area contributed by atoms with Crippen molar-refractivity contribution >= 4 is 5.91 Å². The van der Waals surface area contributed by atoms with Crippen molar-refractivity contribution < 1.29 is 14.6 Å². The number of rotatable bonds is 7. The van der Waals surface area contributed by atoms with Gasteiger partial charge in [-0.1, -0.05) is 25.1 Å². The molecule has 0 saturated heterocycles. The van der Waals surface area contributed by atoms with Gasteiger partial charge in [0, 0.05) is 0 Å². The monoisotopic (exact) mass is 251 g/mol. The molecule has 2 N–H and O–H groups in total. The van der Waals surface area contributed by atoms with E-state index in [0.717, 1.165) is 17.7 Å². The number of aryl methyl sites for hydroxylation is 1. The molecule has 0 saturated carbocycles. The molecule has 100 valence electrons. The van der Waals surface area contributed by atoms with Gasteiger partial charge in [0.2, 0.25) is 5.91 Å². The number of nitrogens with one attached hydrogen (secondary N) is 1. The lowest BCUT2D eigenvalue weighted by Gasteiger charge is -2.14. The number of benzene rings is 1. The summed E-state index contributed by atoms with van der Waals surface area (Å²) in [6.45, 7) is 4.21. The smallest absolute Gasteiger partial charge is 0.223 e. The molecule has 0 aliphatic heterocycles. The molecule has 0 aromatic heterocycles. The standard InChI is InChI=1S/C14H21NO3/c1-3-12(10-16)15-14(17)8-9-18-13-7-5-4-6-11(13)2/h4-7,12,16H,3,8-10H2,1-2H3,(H,15,17)/t12-/m0/s1. The summed E-state index contributed by atoms with van der Waals surface area (Å²) in [5.41, 5.74) is 1.06. The number of ether oxygens (including phenoxy) is 1. The predicted molar refractivity (Wildman–Crippen MR) is 70.6 cm³/mol. The first kappa shape index (κ1) is 14.5. The molecule has 1 atom stereocenters. The number of aliphatic hydroxyl groups excluding tert-OH is 1. The first-order chi connectivity index (χ1) is 8.67. The van der Waals surface area contributed by atoms with E-state index in [2.05, 4.69) is 5.32 Å². The van der Waals surface area contributed by atoms with Gasteiger partial charge in [0.25, 0.3) is 0 Å². The minimum absolute atomic E-state index is 0.0269. The lowest BCUT2D eigenvalue weighted by atomic mass is 10.2. The summed E-state index contributed by atoms with van der Waals surface area (Å²) in [5.74, 6) is 0.712. The fourth-order valence-corrected chi connectivity index (χ4v) is 1.55. The number of carbonyl (C=O) groups excluding carboxylic acids is 1. The molecule has 1 aromatic rings. The number of hydrogen-bond donors (Lipinski definition) is 2. The molecule has 4 nitrogen and oxygen atoms in total. The van der Waals surface area contributed by atoms with Crippen LogP contribution in [-0.4, -0.2) is 30.3 Å². The van der Waals surface area contributed by atoms with E-state index < -0.39 is 0 Å². The van der Waals surface area contributed by atoms with Crippen LogP contribution in [-0.2, 0) is 4.79 Å². The van der Waals surface area contributed by atoms with Crippen LogP contribution in [0, 0.1) is 6.92 Å². The van der Waals surface area contributed by atoms with Crippen molar-refractivity contribution in [2.75, 3.05) is 13.2 Å². The van der Waals surface area contributed by atoms with E-state index in [-0.39, 0.29) is 18.6 Å². The van der Waals surface area contributed by atoms with E-state index in [9.17, 15) is 4.79 Å². The zero-order chi connectivity index (χ0) is 13.4. The van der Waals surface area contributed by atoms with E-state index >= 15 is 0 Å². The van der Waals surface area contributed by atoms with Gasteiger partial charge in [-0.05, 0) is 25.0 Å². The van der Waals surface area contributed by atoms with Crippen LogP contribution >= 0.6 is 0 Å². The fraction of sp³-hybridized carbons (Fsp3) is 0.500. The highest BCUT2D eigenvalue weighted by atomic mass is 16.5. The van der Waals surface area contributed by atoms with Crippen molar-refractivity contribution in [2.24, 2.45) is 0 Å². The lowest BCUT2D eigenvalue weighted by molar-refractivity contribution is -0.122. The summed E-state index contributed by atoms with van der Waals surface area (Å²) in [6.07, 6.45) is 1.02. The summed E-state index contributed by atoms with van der Waals surface area (Å²) in [6, 6.07) is 7.55. The third-order valence-electron chi connectivity index (χ3n) is 2.76. The van der Waals surface area contributed by atoms with Crippen LogP contribution in [0.2, 0.25) is 0 Å². The predicted octanol–water partition coefficient (Wildman–Crippen LogP) is 1.65. The molecule has 1 amide bonds. The molecule has 0 unspecified atom stereocenters. The van der Waals surface area contributed by atoms with Crippen molar-refractivity contribution in [3.8, 4) is 5.75 Å². The second kappa shape index (κ2) is 7.71. The van der Waals surface area contributed by atoms with Gasteiger partial charge in [0.05, 0.1) is 25.7 Å². The van der Waals surface area contributed by atoms with Crippen molar-refractivity contribution in [1.82, 2.24) is 5.32 Å². The Morgan fingerprint density at radius 1 is 1.44 bits per heavy atom. The van der Waals surface area contributed by atoms with Gasteiger partial charge in [0.1, 0.15) is 5.75 Å². The lowest BCUT2D eigenvalue weighted by Crippen LogP contribution is -2.37. The summed E-state index contributed by atoms with van der Waals surface area (Å²) < 4.78 is 5.53. The molecule has 0 aliphatic carbocycles. The van der Waals surface area contributed by atoms with E-state index in [1.54, 1.807) is 0 Å². The van der Waals surface area contributed by atoms with Crippen LogP contribution in [0.3, 0.4) is 0 Å². The Bertz CT molecular complexity index is 375. The van der Waals surface area contributed by atoms with Gasteiger partial charge < -0.3 is 15.2 Å². The Morgan fingerprint density at radius 3 is 2.78 bits per heavy atom. The van der Waals surface area contributed by atoms with Gasteiger partial charge in [-0.2, -0.15) is 0 Å². The topological polar surface area (TPSA) is 58.6 Å². The van der Waals surface area contributed by atoms with Crippen LogP contribution in [0.4, 0.5) is 0 Å². The zero-order valence-corrected chi connectivity index (χ0v) is 11.0. The highest BCUT2D eigenvalue weighted by Gasteiger charge is 2.09. The Balaban J connectivity index is 2.29. The molecule has 0 spiro atoms. The van der Waals surface area contributed by atoms with E-state index in [0.29, 0.717) is 13.0 Å². The highest BCUT2D eigenvalue weighted by Crippen LogP contribution is 2.16. The second-order valence-electron chi connectivity index (χ2n) is 4.22. The first-order valence-corrected chi connectivity index (χ1v) is 6.26. The molecule has 4 heteroatoms. The Kier molecular flexibility index (Phi) is 6.22. The number of aliphatic hydroxyl groups is 1. The molecule has 18 heavy (non-hydrogen) atoms. The third kappa shape index (κ3) is 4.75. The van der Waals surface area contributed by atoms with Gasteiger partial charge in [-0.15, -0.1) is 0 Å². The average molecular weight is 251 g/mol. The van der Waals surface area contributed by atoms with Crippen molar-refractivity contribution in [3.63, 3.8) is 0 Å². The van der Waals surface area contributed by atoms with Crippen LogP contribution in [0.1, 0.15) is 25.3 Å². The maximum atomic E-state index is 11.5. The van der Waals surface area contributed by atoms with E-state index in [1.807, 2.05) is 38.1 Å². The minimum atomic E-state index is -0.157. The van der Waals surface area contributed by atoms with E-state index in [4.69, 9.17) is 9.84 Å². The van der Waals surface area contributed by atoms with Gasteiger partial charge in [0.15, 0.2) is 0 Å². The van der Waals surface area contributed by atoms with Gasteiger partial charge in [-0.3, -0.25) is 4.79 Å². The van der Waals surface area contributed by atoms with E-state index in [1.165, 1.54) is 0 Å². The molecule has 0 aliphatic rings. The first-order valence-electron chi connectivity index (χ1n) is 6.26. The number of amides is 1. The molecule has 0 bridgehead atoms. The Hall–Kier alpha value is -1.55. The molecule has 1 rings (SSSR count). The quantitative estimate of drug-likeness (QED) is 0.774. The fourth-order valence-electron chi connectivity index (χ4n) is 1.55. The largest absolute Gasteiger partial charge is 0.493 e. The second-order valence-corrected chi connectivity index (χ2v) is 4.22. The van der Waals surface area contributed by atoms with Crippen molar-refractivity contribution in [3.05, 3.63) is 29.8 Å². The molecule has 0 radical (unpaired) electrons. The van der Waals surface area contributed by atoms with Gasteiger partial charge in [-0.25, -0.2) is 0 Å². The van der Waals surface area contributed by atoms with Crippen LogP contribution in [0.5, 0.6) is 5.75 Å². The maximum Gasteiger partial charge on any atom is 0.223 e. The zero-order valence-electron chi connectivity index (χ0n) is 11.0.